The predicted octanol–water partition coefficient (Wildman–Crippen LogP) is 1.75. The first-order valence-corrected chi connectivity index (χ1v) is 19.4. The Balaban J connectivity index is 1.77. The van der Waals surface area contributed by atoms with E-state index < -0.39 is 132 Å². The third-order valence-corrected chi connectivity index (χ3v) is 11.8. The van der Waals surface area contributed by atoms with Gasteiger partial charge in [-0.05, 0) is 44.9 Å². The van der Waals surface area contributed by atoms with Crippen molar-refractivity contribution in [1.82, 2.24) is 4.98 Å². The molecular weight excluding hydrogens is 810 g/mol. The van der Waals surface area contributed by atoms with E-state index in [1.807, 2.05) is 0 Å². The zero-order valence-electron chi connectivity index (χ0n) is 34.7. The summed E-state index contributed by atoms with van der Waals surface area (Å²) in [5.41, 5.74) is -10.3. The van der Waals surface area contributed by atoms with Gasteiger partial charge in [-0.25, -0.2) is 9.59 Å². The number of furan rings is 1. The van der Waals surface area contributed by atoms with Crippen LogP contribution in [0.3, 0.4) is 0 Å². The third kappa shape index (κ3) is 7.59. The van der Waals surface area contributed by atoms with Gasteiger partial charge in [-0.3, -0.25) is 33.8 Å². The first kappa shape index (κ1) is 44.7. The molecule has 20 heteroatoms. The van der Waals surface area contributed by atoms with Gasteiger partial charge < -0.3 is 52.2 Å². The van der Waals surface area contributed by atoms with Gasteiger partial charge in [0.25, 0.3) is 0 Å². The molecule has 2 aromatic rings. The van der Waals surface area contributed by atoms with Gasteiger partial charge in [0.15, 0.2) is 30.0 Å². The second kappa shape index (κ2) is 16.5. The molecule has 1 spiro atoms. The molecule has 4 bridgehead atoms. The van der Waals surface area contributed by atoms with Gasteiger partial charge >= 0.3 is 47.8 Å². The fourth-order valence-electron chi connectivity index (χ4n) is 9.54. The van der Waals surface area contributed by atoms with E-state index in [1.165, 1.54) is 38.2 Å². The number of nitrogens with zero attached hydrogens (tertiary/aromatic N) is 1. The minimum Gasteiger partial charge on any atom is -0.472 e. The van der Waals surface area contributed by atoms with E-state index in [9.17, 15) is 43.5 Å². The third-order valence-electron chi connectivity index (χ3n) is 11.8. The highest BCUT2D eigenvalue weighted by Gasteiger charge is 2.92. The number of esters is 8. The molecule has 2 saturated carbocycles. The maximum absolute atomic E-state index is 14.3. The summed E-state index contributed by atoms with van der Waals surface area (Å²) in [6.07, 6.45) is -8.59. The van der Waals surface area contributed by atoms with Crippen LogP contribution in [0.25, 0.3) is 0 Å². The molecule has 2 aromatic heterocycles. The van der Waals surface area contributed by atoms with Crippen molar-refractivity contribution < 1.29 is 90.5 Å². The molecule has 61 heavy (non-hydrogen) atoms. The number of aryl methyl sites for hydroxylation is 1. The molecule has 2 aliphatic carbocycles. The number of carbonyl (C=O) groups excluding carboxylic acids is 8. The monoisotopic (exact) mass is 857 g/mol. The molecule has 6 rings (SSSR count). The van der Waals surface area contributed by atoms with Crippen LogP contribution in [0.4, 0.5) is 0 Å². The van der Waals surface area contributed by atoms with E-state index in [0.29, 0.717) is 0 Å². The lowest BCUT2D eigenvalue weighted by Gasteiger charge is -2.67. The molecule has 1 saturated heterocycles. The van der Waals surface area contributed by atoms with E-state index in [1.54, 1.807) is 0 Å². The standard InChI is InChI=1S/C41H47NO19/c1-19-11-12-27-26(10-9-14-42-27)37(50)54-17-38(7)28-29(55-21(3)44)33(57-23(5)46)40(18-53-20(2)43)34(58-24(6)47)30(59-36(49)25-13-15-52-16-25)32(60-35(19)48)39(8,51)41(40,61-38)31(28)56-22(4)45/h9-10,13-16,19,28-34,51H,11-12,17-18H2,1-8H3/t19-,28-,29-,30+,31-,32+,33-,34+,38+,39+,40-,41+/m1/s1. The number of pyridine rings is 1. The maximum atomic E-state index is 14.3. The average Bonchev–Trinajstić information content (AvgIpc) is 3.79. The fourth-order valence-corrected chi connectivity index (χ4v) is 9.54. The van der Waals surface area contributed by atoms with Crippen LogP contribution in [0.5, 0.6) is 0 Å². The van der Waals surface area contributed by atoms with Crippen LogP contribution >= 0.6 is 0 Å². The summed E-state index contributed by atoms with van der Waals surface area (Å²) in [7, 11) is 0. The number of hydrogen-bond donors (Lipinski definition) is 1. The molecule has 12 atom stereocenters. The number of aromatic nitrogens is 1. The van der Waals surface area contributed by atoms with E-state index in [0.717, 1.165) is 54.1 Å². The summed E-state index contributed by atoms with van der Waals surface area (Å²) in [4.78, 5) is 113. The fraction of sp³-hybridized carbons (Fsp3) is 0.585. The second-order valence-electron chi connectivity index (χ2n) is 16.1. The Morgan fingerprint density at radius 1 is 0.836 bits per heavy atom. The topological polar surface area (TPSA) is 266 Å². The van der Waals surface area contributed by atoms with Crippen LogP contribution in [0, 0.1) is 17.3 Å². The molecule has 4 heterocycles. The number of cyclic esters (lactones) is 1. The van der Waals surface area contributed by atoms with Crippen LogP contribution in [0.1, 0.15) is 88.2 Å². The van der Waals surface area contributed by atoms with Crippen molar-refractivity contribution in [2.75, 3.05) is 13.2 Å². The number of carbonyl (C=O) groups is 8. The minimum atomic E-state index is -2.87. The molecular formula is C41H47NO19. The molecule has 4 aliphatic rings. The van der Waals surface area contributed by atoms with E-state index in [2.05, 4.69) is 4.98 Å². The summed E-state index contributed by atoms with van der Waals surface area (Å²) in [5, 5.41) is 13.6. The Labute approximate surface area is 348 Å². The van der Waals surface area contributed by atoms with Gasteiger partial charge in [0.05, 0.1) is 34.9 Å². The lowest BCUT2D eigenvalue weighted by atomic mass is 9.45. The molecule has 330 valence electrons. The van der Waals surface area contributed by atoms with Gasteiger partial charge in [-0.15, -0.1) is 0 Å². The van der Waals surface area contributed by atoms with Crippen molar-refractivity contribution in [2.24, 2.45) is 17.3 Å². The number of rotatable bonds is 8. The molecule has 0 unspecified atom stereocenters. The van der Waals surface area contributed by atoms with Crippen LogP contribution in [0.2, 0.25) is 0 Å². The van der Waals surface area contributed by atoms with E-state index >= 15 is 0 Å². The van der Waals surface area contributed by atoms with Gasteiger partial charge in [-0.2, -0.15) is 0 Å². The smallest absolute Gasteiger partial charge is 0.341 e. The Kier molecular flexibility index (Phi) is 12.1. The van der Waals surface area contributed by atoms with Crippen molar-refractivity contribution in [3.8, 4) is 0 Å². The van der Waals surface area contributed by atoms with Gasteiger partial charge in [0.1, 0.15) is 48.3 Å². The summed E-state index contributed by atoms with van der Waals surface area (Å²) in [5.74, 6) is -10.8. The van der Waals surface area contributed by atoms with Crippen molar-refractivity contribution in [1.29, 1.82) is 0 Å². The maximum Gasteiger partial charge on any atom is 0.341 e. The first-order valence-electron chi connectivity index (χ1n) is 19.4. The summed E-state index contributed by atoms with van der Waals surface area (Å²) in [6.45, 7) is 7.05. The highest BCUT2D eigenvalue weighted by Crippen LogP contribution is 2.70. The summed E-state index contributed by atoms with van der Waals surface area (Å²) >= 11 is 0. The average molecular weight is 858 g/mol. The Hall–Kier alpha value is -5.89. The number of hydrogen-bond acceptors (Lipinski definition) is 20. The molecule has 0 aromatic carbocycles. The first-order chi connectivity index (χ1) is 28.6. The number of aliphatic hydroxyl groups is 1. The second-order valence-corrected chi connectivity index (χ2v) is 16.1. The van der Waals surface area contributed by atoms with Gasteiger partial charge in [-0.1, -0.05) is 6.92 Å². The Morgan fingerprint density at radius 3 is 2.05 bits per heavy atom. The largest absolute Gasteiger partial charge is 0.472 e. The minimum absolute atomic E-state index is 0.0163. The van der Waals surface area contributed by atoms with E-state index in [4.69, 9.17) is 47.0 Å². The zero-order chi connectivity index (χ0) is 44.8. The van der Waals surface area contributed by atoms with Gasteiger partial charge in [0.2, 0.25) is 0 Å². The highest BCUT2D eigenvalue weighted by molar-refractivity contribution is 5.91. The summed E-state index contributed by atoms with van der Waals surface area (Å²) < 4.78 is 60.1. The molecule has 20 nitrogen and oxygen atoms in total. The van der Waals surface area contributed by atoms with Crippen molar-refractivity contribution in [3.63, 3.8) is 0 Å². The van der Waals surface area contributed by atoms with Crippen LogP contribution in [-0.2, 0) is 77.8 Å². The van der Waals surface area contributed by atoms with Gasteiger partial charge in [0, 0.05) is 40.8 Å². The van der Waals surface area contributed by atoms with E-state index in [-0.39, 0.29) is 29.7 Å². The van der Waals surface area contributed by atoms with Crippen LogP contribution in [0.15, 0.2) is 41.3 Å². The normalized spacial score (nSPS) is 35.4. The summed E-state index contributed by atoms with van der Waals surface area (Å²) in [6, 6.07) is 4.17. The lowest BCUT2D eigenvalue weighted by molar-refractivity contribution is -0.386. The number of fused-ring (bicyclic) bond motifs is 5. The number of ether oxygens (including phenoxy) is 9. The van der Waals surface area contributed by atoms with Crippen molar-refractivity contribution >= 4 is 47.8 Å². The highest BCUT2D eigenvalue weighted by atomic mass is 16.7. The molecule has 0 amide bonds. The zero-order valence-corrected chi connectivity index (χ0v) is 34.7. The molecule has 1 N–H and O–H groups in total. The Morgan fingerprint density at radius 2 is 1.46 bits per heavy atom. The molecule has 3 fully saturated rings. The molecule has 0 radical (unpaired) electrons. The van der Waals surface area contributed by atoms with Crippen LogP contribution in [-0.4, -0.2) is 124 Å². The van der Waals surface area contributed by atoms with Crippen LogP contribution < -0.4 is 0 Å². The predicted molar refractivity (Wildman–Crippen MR) is 197 cm³/mol. The SMILES string of the molecule is CC(=O)OC[C@]12[C@H](OC(C)=O)[C@H](OC(C)=O)[C@@H]3[C@@H](OC(C)=O)[C@@]14O[C@@]3(C)COC(=O)c1cccnc1CC[C@@H](C)C(=O)O[C@@H]([C@H](OC(=O)c1ccoc1)[C@@H]2OC(C)=O)[C@]4(C)O. The van der Waals surface area contributed by atoms with Crippen molar-refractivity contribution in [2.45, 2.75) is 122 Å². The quantitative estimate of drug-likeness (QED) is 0.293. The van der Waals surface area contributed by atoms with Crippen molar-refractivity contribution in [3.05, 3.63) is 53.7 Å². The Bertz CT molecular complexity index is 2100. The molecule has 2 aliphatic heterocycles. The lowest BCUT2D eigenvalue weighted by Crippen LogP contribution is -2.89.